The molecule has 3 nitrogen and oxygen atoms in total. The van der Waals surface area contributed by atoms with Crippen LogP contribution in [0.5, 0.6) is 0 Å². The molecule has 0 unspecified atom stereocenters. The minimum atomic E-state index is -0.428. The fourth-order valence-electron chi connectivity index (χ4n) is 1.66. The molecule has 1 rings (SSSR count). The Morgan fingerprint density at radius 3 is 2.47 bits per heavy atom. The van der Waals surface area contributed by atoms with Crippen molar-refractivity contribution in [1.29, 1.82) is 0 Å². The van der Waals surface area contributed by atoms with Gasteiger partial charge in [0.25, 0.3) is 0 Å². The molecule has 0 aromatic carbocycles. The van der Waals surface area contributed by atoms with E-state index in [1.807, 2.05) is 20.8 Å². The molecular weight excluding hydrogens is 256 g/mol. The first-order valence-corrected chi connectivity index (χ1v) is 7.79. The molecule has 17 heavy (non-hydrogen) atoms. The van der Waals surface area contributed by atoms with Crippen LogP contribution in [0.1, 0.15) is 34.1 Å². The molecule has 0 N–H and O–H groups in total. The van der Waals surface area contributed by atoms with Crippen molar-refractivity contribution < 1.29 is 14.3 Å². The van der Waals surface area contributed by atoms with Crippen molar-refractivity contribution in [3.05, 3.63) is 0 Å². The largest absolute Gasteiger partial charge is 0.460 e. The fraction of sp³-hybridized carbons (Fsp3) is 0.833. The van der Waals surface area contributed by atoms with Crippen LogP contribution in [0.25, 0.3) is 0 Å². The Morgan fingerprint density at radius 1 is 1.29 bits per heavy atom. The van der Waals surface area contributed by atoms with Crippen LogP contribution in [-0.4, -0.2) is 33.4 Å². The fourth-order valence-corrected chi connectivity index (χ4v) is 4.11. The molecule has 98 valence electrons. The van der Waals surface area contributed by atoms with Gasteiger partial charge in [-0.25, -0.2) is 0 Å². The molecule has 0 bridgehead atoms. The van der Waals surface area contributed by atoms with E-state index in [1.165, 1.54) is 11.8 Å². The summed E-state index contributed by atoms with van der Waals surface area (Å²) >= 11 is 3.08. The number of hydrogen-bond donors (Lipinski definition) is 0. The van der Waals surface area contributed by atoms with Crippen LogP contribution >= 0.6 is 23.5 Å². The second-order valence-electron chi connectivity index (χ2n) is 5.23. The standard InChI is InChI=1S/C12H20O3S2/c1-8(13)17-10-5-9(6-16-7-10)11(14)15-12(2,3)4/h9-10H,5-7H2,1-4H3/t9-,10+/m1/s1. The van der Waals surface area contributed by atoms with E-state index in [1.54, 1.807) is 18.7 Å². The van der Waals surface area contributed by atoms with Crippen molar-refractivity contribution in [3.63, 3.8) is 0 Å². The topological polar surface area (TPSA) is 43.4 Å². The Balaban J connectivity index is 2.49. The average Bonchev–Trinajstić information content (AvgIpc) is 2.14. The molecule has 0 saturated carbocycles. The average molecular weight is 276 g/mol. The van der Waals surface area contributed by atoms with Gasteiger partial charge in [-0.3, -0.25) is 9.59 Å². The molecule has 1 aliphatic heterocycles. The summed E-state index contributed by atoms with van der Waals surface area (Å²) in [6.07, 6.45) is 0.756. The van der Waals surface area contributed by atoms with Gasteiger partial charge in [-0.15, -0.1) is 0 Å². The Bertz CT molecular complexity index is 297. The van der Waals surface area contributed by atoms with Gasteiger partial charge >= 0.3 is 5.97 Å². The van der Waals surface area contributed by atoms with Crippen molar-refractivity contribution in [3.8, 4) is 0 Å². The van der Waals surface area contributed by atoms with Crippen molar-refractivity contribution in [1.82, 2.24) is 0 Å². The monoisotopic (exact) mass is 276 g/mol. The molecule has 1 heterocycles. The van der Waals surface area contributed by atoms with Crippen molar-refractivity contribution in [2.75, 3.05) is 11.5 Å². The second-order valence-corrected chi connectivity index (χ2v) is 7.79. The first kappa shape index (κ1) is 14.9. The van der Waals surface area contributed by atoms with Gasteiger partial charge in [0, 0.05) is 23.7 Å². The molecule has 2 atom stereocenters. The number of ether oxygens (including phenoxy) is 1. The van der Waals surface area contributed by atoms with Gasteiger partial charge in [0.05, 0.1) is 5.92 Å². The lowest BCUT2D eigenvalue weighted by Gasteiger charge is -2.29. The summed E-state index contributed by atoms with van der Waals surface area (Å²) < 4.78 is 5.38. The third kappa shape index (κ3) is 5.82. The zero-order valence-corrected chi connectivity index (χ0v) is 12.5. The van der Waals surface area contributed by atoms with E-state index in [0.29, 0.717) is 0 Å². The highest BCUT2D eigenvalue weighted by molar-refractivity contribution is 8.14. The number of carbonyl (C=O) groups is 2. The smallest absolute Gasteiger partial charge is 0.310 e. The van der Waals surface area contributed by atoms with Gasteiger partial charge in [-0.05, 0) is 27.2 Å². The molecule has 0 aliphatic carbocycles. The summed E-state index contributed by atoms with van der Waals surface area (Å²) in [6, 6.07) is 0. The van der Waals surface area contributed by atoms with Crippen LogP contribution in [-0.2, 0) is 14.3 Å². The van der Waals surface area contributed by atoms with Gasteiger partial charge in [-0.1, -0.05) is 11.8 Å². The van der Waals surface area contributed by atoms with Crippen LogP contribution < -0.4 is 0 Å². The lowest BCUT2D eigenvalue weighted by Crippen LogP contribution is -2.34. The quantitative estimate of drug-likeness (QED) is 0.726. The minimum absolute atomic E-state index is 0.0650. The SMILES string of the molecule is CC(=O)S[C@@H]1CSC[C@H](C(=O)OC(C)(C)C)C1. The summed E-state index contributed by atoms with van der Waals surface area (Å²) in [7, 11) is 0. The molecule has 1 aliphatic rings. The van der Waals surface area contributed by atoms with Gasteiger partial charge < -0.3 is 4.74 Å². The number of esters is 1. The number of thioether (sulfide) groups is 2. The summed E-state index contributed by atoms with van der Waals surface area (Å²) in [6.45, 7) is 7.21. The maximum absolute atomic E-state index is 11.9. The molecule has 0 aromatic heterocycles. The summed E-state index contributed by atoms with van der Waals surface area (Å²) in [4.78, 5) is 23.0. The van der Waals surface area contributed by atoms with Crippen LogP contribution in [0.4, 0.5) is 0 Å². The second kappa shape index (κ2) is 6.14. The van der Waals surface area contributed by atoms with E-state index < -0.39 is 5.60 Å². The normalized spacial score (nSPS) is 25.4. The Labute approximate surface area is 111 Å². The highest BCUT2D eigenvalue weighted by Crippen LogP contribution is 2.32. The first-order chi connectivity index (χ1) is 7.78. The van der Waals surface area contributed by atoms with Crippen molar-refractivity contribution in [2.45, 2.75) is 45.0 Å². The summed E-state index contributed by atoms with van der Waals surface area (Å²) in [5, 5.41) is 0.379. The van der Waals surface area contributed by atoms with Gasteiger partial charge in [0.1, 0.15) is 5.60 Å². The number of hydrogen-bond acceptors (Lipinski definition) is 5. The Kier molecular flexibility index (Phi) is 5.38. The van der Waals surface area contributed by atoms with E-state index in [2.05, 4.69) is 0 Å². The molecule has 0 radical (unpaired) electrons. The van der Waals surface area contributed by atoms with E-state index in [-0.39, 0.29) is 22.3 Å². The van der Waals surface area contributed by atoms with Gasteiger partial charge in [0.2, 0.25) is 0 Å². The zero-order valence-electron chi connectivity index (χ0n) is 10.8. The van der Waals surface area contributed by atoms with Crippen LogP contribution in [0.15, 0.2) is 0 Å². The summed E-state index contributed by atoms with van der Waals surface area (Å²) in [5.41, 5.74) is -0.428. The maximum atomic E-state index is 11.9. The third-order valence-corrected chi connectivity index (χ3v) is 4.75. The number of rotatable bonds is 2. The predicted molar refractivity (Wildman–Crippen MR) is 73.3 cm³/mol. The van der Waals surface area contributed by atoms with E-state index >= 15 is 0 Å². The van der Waals surface area contributed by atoms with Gasteiger partial charge in [0.15, 0.2) is 5.12 Å². The van der Waals surface area contributed by atoms with Crippen LogP contribution in [0, 0.1) is 5.92 Å². The Hall–Kier alpha value is -0.160. The lowest BCUT2D eigenvalue weighted by atomic mass is 10.0. The van der Waals surface area contributed by atoms with E-state index in [9.17, 15) is 9.59 Å². The first-order valence-electron chi connectivity index (χ1n) is 5.76. The molecule has 0 spiro atoms. The Morgan fingerprint density at radius 2 is 1.94 bits per heavy atom. The van der Waals surface area contributed by atoms with Crippen LogP contribution in [0.2, 0.25) is 0 Å². The predicted octanol–water partition coefficient (Wildman–Crippen LogP) is 2.73. The maximum Gasteiger partial charge on any atom is 0.310 e. The molecule has 1 saturated heterocycles. The highest BCUT2D eigenvalue weighted by Gasteiger charge is 2.31. The molecule has 5 heteroatoms. The summed E-state index contributed by atoms with van der Waals surface area (Å²) in [5.74, 6) is 1.57. The highest BCUT2D eigenvalue weighted by atomic mass is 32.2. The van der Waals surface area contributed by atoms with E-state index in [4.69, 9.17) is 4.74 Å². The lowest BCUT2D eigenvalue weighted by molar-refractivity contribution is -0.159. The van der Waals surface area contributed by atoms with Crippen molar-refractivity contribution >= 4 is 34.6 Å². The molecule has 0 amide bonds. The number of carbonyl (C=O) groups excluding carboxylic acids is 2. The molecular formula is C12H20O3S2. The molecule has 0 aromatic rings. The van der Waals surface area contributed by atoms with Crippen LogP contribution in [0.3, 0.4) is 0 Å². The van der Waals surface area contributed by atoms with E-state index in [0.717, 1.165) is 17.9 Å². The van der Waals surface area contributed by atoms with Crippen molar-refractivity contribution in [2.24, 2.45) is 5.92 Å². The molecule has 1 fully saturated rings. The zero-order chi connectivity index (χ0) is 13.1. The minimum Gasteiger partial charge on any atom is -0.460 e. The third-order valence-electron chi connectivity index (χ3n) is 2.24. The van der Waals surface area contributed by atoms with Gasteiger partial charge in [-0.2, -0.15) is 11.8 Å².